The zero-order valence-electron chi connectivity index (χ0n) is 13.3. The lowest BCUT2D eigenvalue weighted by Crippen LogP contribution is -1.94. The van der Waals surface area contributed by atoms with Gasteiger partial charge in [0.25, 0.3) is 0 Å². The predicted molar refractivity (Wildman–Crippen MR) is 101 cm³/mol. The van der Waals surface area contributed by atoms with E-state index in [0.29, 0.717) is 10.2 Å². The number of rotatable bonds is 3. The molecular weight excluding hydrogens is 357 g/mol. The molecule has 0 radical (unpaired) electrons. The van der Waals surface area contributed by atoms with Crippen LogP contribution in [-0.2, 0) is 0 Å². The molecule has 0 N–H and O–H groups in total. The monoisotopic (exact) mass is 369 g/mol. The van der Waals surface area contributed by atoms with E-state index in [-0.39, 0.29) is 0 Å². The van der Waals surface area contributed by atoms with Crippen molar-refractivity contribution >= 4 is 34.2 Å². The van der Waals surface area contributed by atoms with E-state index >= 15 is 0 Å². The summed E-state index contributed by atoms with van der Waals surface area (Å²) >= 11 is 12.4. The van der Waals surface area contributed by atoms with Crippen LogP contribution >= 0.6 is 23.2 Å². The van der Waals surface area contributed by atoms with Gasteiger partial charge in [-0.1, -0.05) is 35.3 Å². The van der Waals surface area contributed by atoms with Crippen LogP contribution in [-0.4, -0.2) is 21.6 Å². The summed E-state index contributed by atoms with van der Waals surface area (Å²) in [5.74, 6) is 0.797. The average molecular weight is 370 g/mol. The minimum absolute atomic E-state index is 0.419. The van der Waals surface area contributed by atoms with E-state index in [1.165, 1.54) is 6.33 Å². The molecule has 2 aromatic heterocycles. The second kappa shape index (κ2) is 6.39. The zero-order chi connectivity index (χ0) is 17.4. The van der Waals surface area contributed by atoms with Crippen molar-refractivity contribution in [2.24, 2.45) is 0 Å². The Bertz CT molecular complexity index is 1040. The quantitative estimate of drug-likeness (QED) is 0.453. The van der Waals surface area contributed by atoms with Crippen molar-refractivity contribution in [3.63, 3.8) is 0 Å². The first-order valence-electron chi connectivity index (χ1n) is 7.59. The Labute approximate surface area is 154 Å². The Kier molecular flexibility index (Phi) is 4.07. The van der Waals surface area contributed by atoms with Crippen molar-refractivity contribution in [1.82, 2.24) is 14.5 Å². The fourth-order valence-corrected chi connectivity index (χ4v) is 3.17. The number of ether oxygens (including phenoxy) is 1. The van der Waals surface area contributed by atoms with Crippen LogP contribution in [0.1, 0.15) is 0 Å². The molecular formula is C19H13Cl2N3O. The van der Waals surface area contributed by atoms with Gasteiger partial charge in [0.2, 0.25) is 0 Å². The molecule has 2 heterocycles. The van der Waals surface area contributed by atoms with E-state index in [9.17, 15) is 0 Å². The summed E-state index contributed by atoms with van der Waals surface area (Å²) < 4.78 is 7.22. The molecule has 0 saturated carbocycles. The Balaban J connectivity index is 1.96. The summed E-state index contributed by atoms with van der Waals surface area (Å²) in [5, 5.41) is 1.91. The van der Waals surface area contributed by atoms with Crippen molar-refractivity contribution in [3.05, 3.63) is 71.2 Å². The van der Waals surface area contributed by atoms with Gasteiger partial charge in [0, 0.05) is 22.5 Å². The first-order valence-corrected chi connectivity index (χ1v) is 8.35. The number of benzene rings is 2. The molecule has 25 heavy (non-hydrogen) atoms. The number of fused-ring (bicyclic) bond motifs is 1. The third-order valence-electron chi connectivity index (χ3n) is 4.04. The molecule has 0 saturated heterocycles. The first kappa shape index (κ1) is 15.9. The van der Waals surface area contributed by atoms with Gasteiger partial charge in [0.15, 0.2) is 0 Å². The Hall–Kier alpha value is -2.56. The second-order valence-corrected chi connectivity index (χ2v) is 6.28. The predicted octanol–water partition coefficient (Wildman–Crippen LogP) is 5.40. The number of methoxy groups -OCH3 is 1. The number of aromatic nitrogens is 3. The van der Waals surface area contributed by atoms with Crippen LogP contribution in [0.3, 0.4) is 0 Å². The van der Waals surface area contributed by atoms with Crippen molar-refractivity contribution in [3.8, 4) is 22.6 Å². The molecule has 0 spiro atoms. The molecule has 2 aromatic carbocycles. The van der Waals surface area contributed by atoms with Gasteiger partial charge in [-0.3, -0.25) is 0 Å². The normalized spacial score (nSPS) is 11.0. The number of hydrogen-bond donors (Lipinski definition) is 0. The highest BCUT2D eigenvalue weighted by molar-refractivity contribution is 6.35. The first-order chi connectivity index (χ1) is 12.2. The van der Waals surface area contributed by atoms with Gasteiger partial charge < -0.3 is 9.30 Å². The second-order valence-electron chi connectivity index (χ2n) is 5.48. The third kappa shape index (κ3) is 2.84. The van der Waals surface area contributed by atoms with E-state index in [0.717, 1.165) is 33.6 Å². The molecule has 4 nitrogen and oxygen atoms in total. The van der Waals surface area contributed by atoms with E-state index in [4.69, 9.17) is 27.9 Å². The lowest BCUT2D eigenvalue weighted by molar-refractivity contribution is 0.415. The maximum atomic E-state index is 6.38. The fraction of sp³-hybridized carbons (Fsp3) is 0.0526. The summed E-state index contributed by atoms with van der Waals surface area (Å²) in [4.78, 5) is 8.58. The number of nitrogens with zero attached hydrogens (tertiary/aromatic N) is 3. The molecule has 0 amide bonds. The number of hydrogen-bond acceptors (Lipinski definition) is 3. The summed E-state index contributed by atoms with van der Waals surface area (Å²) in [6.07, 6.45) is 3.48. The van der Waals surface area contributed by atoms with Crippen LogP contribution in [0.2, 0.25) is 10.2 Å². The van der Waals surface area contributed by atoms with Crippen LogP contribution in [0.5, 0.6) is 5.75 Å². The van der Waals surface area contributed by atoms with Gasteiger partial charge in [-0.05, 0) is 42.0 Å². The van der Waals surface area contributed by atoms with Crippen LogP contribution in [0.25, 0.3) is 27.8 Å². The molecule has 0 bridgehead atoms. The molecule has 0 unspecified atom stereocenters. The highest BCUT2D eigenvalue weighted by Crippen LogP contribution is 2.35. The Morgan fingerprint density at radius 3 is 2.32 bits per heavy atom. The highest BCUT2D eigenvalue weighted by atomic mass is 35.5. The van der Waals surface area contributed by atoms with Crippen LogP contribution < -0.4 is 4.74 Å². The van der Waals surface area contributed by atoms with Crippen LogP contribution in [0.15, 0.2) is 61.1 Å². The van der Waals surface area contributed by atoms with Gasteiger partial charge in [-0.2, -0.15) is 0 Å². The molecule has 124 valence electrons. The summed E-state index contributed by atoms with van der Waals surface area (Å²) in [6, 6.07) is 15.4. The topological polar surface area (TPSA) is 39.9 Å². The van der Waals surface area contributed by atoms with Gasteiger partial charge in [0.1, 0.15) is 22.9 Å². The molecule has 0 aliphatic carbocycles. The maximum Gasteiger partial charge on any atom is 0.150 e. The SMILES string of the molecule is COc1ccc(-n2cc(-c3ccc(Cl)cc3)c3c(Cl)ncnc32)cc1. The summed E-state index contributed by atoms with van der Waals surface area (Å²) in [6.45, 7) is 0. The van der Waals surface area contributed by atoms with Crippen LogP contribution in [0, 0.1) is 0 Å². The lowest BCUT2D eigenvalue weighted by Gasteiger charge is -2.05. The van der Waals surface area contributed by atoms with E-state index in [1.807, 2.05) is 59.3 Å². The maximum absolute atomic E-state index is 6.38. The standard InChI is InChI=1S/C19H13Cl2N3O/c1-25-15-8-6-14(7-9-15)24-10-16(12-2-4-13(20)5-3-12)17-18(21)22-11-23-19(17)24/h2-11H,1H3. The van der Waals surface area contributed by atoms with E-state index in [1.54, 1.807) is 7.11 Å². The van der Waals surface area contributed by atoms with Gasteiger partial charge in [-0.25, -0.2) is 9.97 Å². The molecule has 4 rings (SSSR count). The lowest BCUT2D eigenvalue weighted by atomic mass is 10.1. The van der Waals surface area contributed by atoms with E-state index < -0.39 is 0 Å². The smallest absolute Gasteiger partial charge is 0.150 e. The zero-order valence-corrected chi connectivity index (χ0v) is 14.8. The van der Waals surface area contributed by atoms with Gasteiger partial charge in [0.05, 0.1) is 12.5 Å². The van der Waals surface area contributed by atoms with Crippen molar-refractivity contribution < 1.29 is 4.74 Å². The number of halogens is 2. The van der Waals surface area contributed by atoms with Crippen molar-refractivity contribution in [2.45, 2.75) is 0 Å². The molecule has 6 heteroatoms. The molecule has 0 aliphatic heterocycles. The highest BCUT2D eigenvalue weighted by Gasteiger charge is 2.16. The third-order valence-corrected chi connectivity index (χ3v) is 4.58. The molecule has 4 aromatic rings. The minimum atomic E-state index is 0.419. The van der Waals surface area contributed by atoms with Crippen molar-refractivity contribution in [2.75, 3.05) is 7.11 Å². The Morgan fingerprint density at radius 2 is 1.64 bits per heavy atom. The molecule has 0 fully saturated rings. The largest absolute Gasteiger partial charge is 0.497 e. The fourth-order valence-electron chi connectivity index (χ4n) is 2.81. The summed E-state index contributed by atoms with van der Waals surface area (Å²) in [7, 11) is 1.64. The molecule has 0 atom stereocenters. The molecule has 0 aliphatic rings. The van der Waals surface area contributed by atoms with Gasteiger partial charge in [-0.15, -0.1) is 0 Å². The van der Waals surface area contributed by atoms with Crippen LogP contribution in [0.4, 0.5) is 0 Å². The average Bonchev–Trinajstić information content (AvgIpc) is 3.03. The van der Waals surface area contributed by atoms with Gasteiger partial charge >= 0.3 is 0 Å². The summed E-state index contributed by atoms with van der Waals surface area (Å²) in [5.41, 5.74) is 3.65. The van der Waals surface area contributed by atoms with Crippen molar-refractivity contribution in [1.29, 1.82) is 0 Å². The Morgan fingerprint density at radius 1 is 0.920 bits per heavy atom. The van der Waals surface area contributed by atoms with E-state index in [2.05, 4.69) is 9.97 Å². The minimum Gasteiger partial charge on any atom is -0.497 e.